The van der Waals surface area contributed by atoms with E-state index in [0.717, 1.165) is 25.9 Å². The molecule has 0 bridgehead atoms. The molecule has 0 atom stereocenters. The van der Waals surface area contributed by atoms with Gasteiger partial charge in [0.05, 0.1) is 13.2 Å². The van der Waals surface area contributed by atoms with Crippen LogP contribution in [-0.4, -0.2) is 31.4 Å². The summed E-state index contributed by atoms with van der Waals surface area (Å²) >= 11 is 0. The van der Waals surface area contributed by atoms with Crippen LogP contribution in [0.2, 0.25) is 0 Å². The van der Waals surface area contributed by atoms with E-state index in [1.54, 1.807) is 20.8 Å². The Morgan fingerprint density at radius 2 is 1.73 bits per heavy atom. The van der Waals surface area contributed by atoms with Crippen molar-refractivity contribution in [3.8, 4) is 0 Å². The van der Waals surface area contributed by atoms with Gasteiger partial charge in [-0.3, -0.25) is 0 Å². The molecule has 1 aromatic carbocycles. The number of hydrogen-bond acceptors (Lipinski definition) is 4. The fourth-order valence-corrected chi connectivity index (χ4v) is 1.94. The van der Waals surface area contributed by atoms with Crippen LogP contribution >= 0.6 is 0 Å². The summed E-state index contributed by atoms with van der Waals surface area (Å²) in [5, 5.41) is 0. The van der Waals surface area contributed by atoms with Gasteiger partial charge in [-0.2, -0.15) is 0 Å². The van der Waals surface area contributed by atoms with Crippen LogP contribution in [0.3, 0.4) is 0 Å². The fraction of sp³-hybridized carbons (Fsp3) is 0.611. The van der Waals surface area contributed by atoms with Gasteiger partial charge in [-0.25, -0.2) is 4.79 Å². The van der Waals surface area contributed by atoms with Crippen molar-refractivity contribution < 1.29 is 19.0 Å². The summed E-state index contributed by atoms with van der Waals surface area (Å²) in [5.74, 6) is -0.304. The molecule has 1 rings (SSSR count). The number of unbranched alkanes of at least 4 members (excludes halogenated alkanes) is 2. The topological polar surface area (TPSA) is 44.8 Å². The van der Waals surface area contributed by atoms with Crippen LogP contribution in [0, 0.1) is 0 Å². The van der Waals surface area contributed by atoms with Crippen molar-refractivity contribution in [2.24, 2.45) is 0 Å². The summed E-state index contributed by atoms with van der Waals surface area (Å²) in [7, 11) is 0. The van der Waals surface area contributed by atoms with Crippen LogP contribution < -0.4 is 0 Å². The Morgan fingerprint density at radius 1 is 1.05 bits per heavy atom. The first-order chi connectivity index (χ1) is 10.6. The molecule has 22 heavy (non-hydrogen) atoms. The van der Waals surface area contributed by atoms with Crippen LogP contribution in [0.1, 0.15) is 45.6 Å². The smallest absolute Gasteiger partial charge is 0.337 e. The maximum absolute atomic E-state index is 11.6. The van der Waals surface area contributed by atoms with Crippen molar-refractivity contribution in [3.63, 3.8) is 0 Å². The predicted octanol–water partition coefficient (Wildman–Crippen LogP) is 3.73. The van der Waals surface area contributed by atoms with Gasteiger partial charge >= 0.3 is 5.97 Å². The minimum Gasteiger partial charge on any atom is -0.464 e. The van der Waals surface area contributed by atoms with E-state index in [4.69, 9.17) is 14.2 Å². The number of benzene rings is 1. The van der Waals surface area contributed by atoms with E-state index in [1.807, 2.05) is 18.2 Å². The summed E-state index contributed by atoms with van der Waals surface area (Å²) in [6.07, 6.45) is 2.93. The van der Waals surface area contributed by atoms with E-state index in [0.29, 0.717) is 19.8 Å². The van der Waals surface area contributed by atoms with E-state index in [2.05, 4.69) is 12.1 Å². The highest BCUT2D eigenvalue weighted by molar-refractivity contribution is 5.78. The molecule has 0 aromatic heterocycles. The lowest BCUT2D eigenvalue weighted by atomic mass is 10.1. The summed E-state index contributed by atoms with van der Waals surface area (Å²) in [6, 6.07) is 10.2. The maximum atomic E-state index is 11.6. The van der Waals surface area contributed by atoms with E-state index in [9.17, 15) is 4.79 Å². The van der Waals surface area contributed by atoms with Crippen molar-refractivity contribution in [2.45, 2.75) is 52.2 Å². The third kappa shape index (κ3) is 7.57. The summed E-state index contributed by atoms with van der Waals surface area (Å²) in [6.45, 7) is 7.63. The molecule has 0 heterocycles. The Labute approximate surface area is 133 Å². The van der Waals surface area contributed by atoms with Crippen molar-refractivity contribution in [1.82, 2.24) is 0 Å². The van der Waals surface area contributed by atoms with Crippen molar-refractivity contribution in [3.05, 3.63) is 35.9 Å². The molecule has 0 aliphatic heterocycles. The highest BCUT2D eigenvalue weighted by Crippen LogP contribution is 2.13. The van der Waals surface area contributed by atoms with Gasteiger partial charge in [0.1, 0.15) is 0 Å². The third-order valence-electron chi connectivity index (χ3n) is 3.27. The summed E-state index contributed by atoms with van der Waals surface area (Å²) < 4.78 is 16.2. The highest BCUT2D eigenvalue weighted by atomic mass is 16.6. The van der Waals surface area contributed by atoms with E-state index in [1.165, 1.54) is 5.56 Å². The molecular formula is C18H28O4. The first kappa shape index (κ1) is 18.7. The molecule has 0 spiro atoms. The molecule has 0 aliphatic carbocycles. The lowest BCUT2D eigenvalue weighted by Gasteiger charge is -2.22. The van der Waals surface area contributed by atoms with Gasteiger partial charge in [0.2, 0.25) is 0 Å². The molecule has 0 fully saturated rings. The largest absolute Gasteiger partial charge is 0.464 e. The highest BCUT2D eigenvalue weighted by Gasteiger charge is 2.29. The van der Waals surface area contributed by atoms with Gasteiger partial charge in [0.15, 0.2) is 5.60 Å². The molecule has 0 saturated carbocycles. The molecule has 4 heteroatoms. The molecule has 0 amide bonds. The van der Waals surface area contributed by atoms with Crippen LogP contribution in [0.25, 0.3) is 0 Å². The molecule has 0 aliphatic rings. The van der Waals surface area contributed by atoms with E-state index < -0.39 is 5.60 Å². The number of ether oxygens (including phenoxy) is 3. The zero-order valence-electron chi connectivity index (χ0n) is 14.0. The Morgan fingerprint density at radius 3 is 2.41 bits per heavy atom. The Kier molecular flexibility index (Phi) is 8.78. The minimum atomic E-state index is -0.861. The monoisotopic (exact) mass is 308 g/mol. The SMILES string of the molecule is CCOC(=O)C(C)(C)OCCCCCOCc1ccccc1. The maximum Gasteiger partial charge on any atom is 0.337 e. The van der Waals surface area contributed by atoms with Gasteiger partial charge in [0, 0.05) is 13.2 Å². The average Bonchev–Trinajstić information content (AvgIpc) is 2.51. The predicted molar refractivity (Wildman–Crippen MR) is 86.6 cm³/mol. The molecule has 1 aromatic rings. The standard InChI is InChI=1S/C18H28O4/c1-4-21-17(19)18(2,3)22-14-10-6-9-13-20-15-16-11-7-5-8-12-16/h5,7-8,11-12H,4,6,9-10,13-15H2,1-3H3. The molecule has 0 saturated heterocycles. The second kappa shape index (κ2) is 10.4. The Balaban J connectivity index is 2.00. The number of carbonyl (C=O) groups excluding carboxylic acids is 1. The first-order valence-electron chi connectivity index (χ1n) is 7.99. The summed E-state index contributed by atoms with van der Waals surface area (Å²) in [5.41, 5.74) is 0.335. The minimum absolute atomic E-state index is 0.304. The van der Waals surface area contributed by atoms with Crippen molar-refractivity contribution >= 4 is 5.97 Å². The van der Waals surface area contributed by atoms with Crippen molar-refractivity contribution in [2.75, 3.05) is 19.8 Å². The van der Waals surface area contributed by atoms with Gasteiger partial charge in [-0.05, 0) is 45.6 Å². The van der Waals surface area contributed by atoms with Gasteiger partial charge in [-0.1, -0.05) is 30.3 Å². The third-order valence-corrected chi connectivity index (χ3v) is 3.27. The molecule has 0 radical (unpaired) electrons. The zero-order valence-corrected chi connectivity index (χ0v) is 14.0. The van der Waals surface area contributed by atoms with E-state index in [-0.39, 0.29) is 5.97 Å². The Hall–Kier alpha value is -1.39. The lowest BCUT2D eigenvalue weighted by molar-refractivity contribution is -0.167. The zero-order chi connectivity index (χ0) is 16.3. The molecule has 124 valence electrons. The van der Waals surface area contributed by atoms with Crippen molar-refractivity contribution in [1.29, 1.82) is 0 Å². The van der Waals surface area contributed by atoms with Gasteiger partial charge in [0.25, 0.3) is 0 Å². The Bertz CT molecular complexity index is 414. The average molecular weight is 308 g/mol. The van der Waals surface area contributed by atoms with E-state index >= 15 is 0 Å². The van der Waals surface area contributed by atoms with Crippen LogP contribution in [-0.2, 0) is 25.6 Å². The van der Waals surface area contributed by atoms with Crippen LogP contribution in [0.15, 0.2) is 30.3 Å². The number of carbonyl (C=O) groups is 1. The second-order valence-corrected chi connectivity index (χ2v) is 5.68. The molecule has 4 nitrogen and oxygen atoms in total. The number of rotatable bonds is 11. The molecule has 0 unspecified atom stereocenters. The van der Waals surface area contributed by atoms with Gasteiger partial charge in [-0.15, -0.1) is 0 Å². The normalized spacial score (nSPS) is 11.4. The van der Waals surface area contributed by atoms with Gasteiger partial charge < -0.3 is 14.2 Å². The lowest BCUT2D eigenvalue weighted by Crippen LogP contribution is -2.37. The molecular weight excluding hydrogens is 280 g/mol. The first-order valence-corrected chi connectivity index (χ1v) is 7.99. The number of esters is 1. The second-order valence-electron chi connectivity index (χ2n) is 5.68. The van der Waals surface area contributed by atoms with Crippen LogP contribution in [0.4, 0.5) is 0 Å². The quantitative estimate of drug-likeness (QED) is 0.461. The molecule has 0 N–H and O–H groups in total. The number of hydrogen-bond donors (Lipinski definition) is 0. The van der Waals surface area contributed by atoms with Crippen LogP contribution in [0.5, 0.6) is 0 Å². The fourth-order valence-electron chi connectivity index (χ4n) is 1.94. The summed E-state index contributed by atoms with van der Waals surface area (Å²) in [4.78, 5) is 11.6.